The number of benzene rings is 1. The molecule has 0 atom stereocenters. The van der Waals surface area contributed by atoms with Crippen LogP contribution in [0.15, 0.2) is 28.7 Å². The van der Waals surface area contributed by atoms with Gasteiger partial charge in [0, 0.05) is 18.1 Å². The van der Waals surface area contributed by atoms with Crippen molar-refractivity contribution in [2.45, 2.75) is 19.9 Å². The fourth-order valence-electron chi connectivity index (χ4n) is 1.98. The molecule has 1 heterocycles. The molecule has 20 heavy (non-hydrogen) atoms. The molecule has 0 fully saturated rings. The van der Waals surface area contributed by atoms with Gasteiger partial charge in [0.15, 0.2) is 0 Å². The maximum atomic E-state index is 11.2. The van der Waals surface area contributed by atoms with Gasteiger partial charge in [-0.3, -0.25) is 10.1 Å². The second-order valence-electron chi connectivity index (χ2n) is 4.36. The lowest BCUT2D eigenvalue weighted by Crippen LogP contribution is -2.06. The Hall–Kier alpha value is -1.89. The minimum atomic E-state index is -0.379. The van der Waals surface area contributed by atoms with Gasteiger partial charge in [-0.2, -0.15) is 5.10 Å². The molecular formula is C13H15BrN4O2. The maximum absolute atomic E-state index is 11.2. The molecule has 0 radical (unpaired) electrons. The lowest BCUT2D eigenvalue weighted by Gasteiger charge is -2.06. The van der Waals surface area contributed by atoms with E-state index in [1.807, 2.05) is 31.2 Å². The van der Waals surface area contributed by atoms with Gasteiger partial charge in [0.1, 0.15) is 5.69 Å². The van der Waals surface area contributed by atoms with Gasteiger partial charge in [-0.05, 0) is 24.1 Å². The Morgan fingerprint density at radius 3 is 2.60 bits per heavy atom. The highest BCUT2D eigenvalue weighted by Gasteiger charge is 2.25. The minimum absolute atomic E-state index is 0.0621. The Labute approximate surface area is 125 Å². The highest BCUT2D eigenvalue weighted by Crippen LogP contribution is 2.28. The van der Waals surface area contributed by atoms with Gasteiger partial charge in [-0.15, -0.1) is 0 Å². The third-order valence-electron chi connectivity index (χ3n) is 2.98. The molecule has 6 nitrogen and oxygen atoms in total. The van der Waals surface area contributed by atoms with Crippen molar-refractivity contribution in [3.05, 3.63) is 50.1 Å². The molecule has 0 saturated heterocycles. The van der Waals surface area contributed by atoms with Crippen molar-refractivity contribution in [2.24, 2.45) is 7.05 Å². The summed E-state index contributed by atoms with van der Waals surface area (Å²) in [5.74, 6) is 0.440. The molecule has 0 saturated carbocycles. The summed E-state index contributed by atoms with van der Waals surface area (Å²) < 4.78 is 2.52. The SMILES string of the molecule is CCc1nn(C)c(NCc2ccc(Br)cc2)c1[N+](=O)[O-]. The second kappa shape index (κ2) is 6.04. The van der Waals surface area contributed by atoms with Crippen molar-refractivity contribution in [2.75, 3.05) is 5.32 Å². The number of hydrogen-bond acceptors (Lipinski definition) is 4. The van der Waals surface area contributed by atoms with Crippen molar-refractivity contribution in [1.29, 1.82) is 0 Å². The summed E-state index contributed by atoms with van der Waals surface area (Å²) in [6, 6.07) is 7.79. The van der Waals surface area contributed by atoms with Crippen molar-refractivity contribution < 1.29 is 4.92 Å². The smallest absolute Gasteiger partial charge is 0.333 e. The number of anilines is 1. The normalized spacial score (nSPS) is 10.6. The molecule has 7 heteroatoms. The molecule has 2 aromatic rings. The topological polar surface area (TPSA) is 73.0 Å². The maximum Gasteiger partial charge on any atom is 0.333 e. The lowest BCUT2D eigenvalue weighted by molar-refractivity contribution is -0.384. The van der Waals surface area contributed by atoms with Crippen LogP contribution in [-0.4, -0.2) is 14.7 Å². The molecule has 0 amide bonds. The molecule has 106 valence electrons. The first kappa shape index (κ1) is 14.5. The predicted octanol–water partition coefficient (Wildman–Crippen LogP) is 3.27. The summed E-state index contributed by atoms with van der Waals surface area (Å²) in [4.78, 5) is 10.8. The summed E-state index contributed by atoms with van der Waals surface area (Å²) in [6.45, 7) is 2.37. The molecule has 0 bridgehead atoms. The van der Waals surface area contributed by atoms with Crippen LogP contribution in [0.25, 0.3) is 0 Å². The average Bonchev–Trinajstić information content (AvgIpc) is 2.74. The van der Waals surface area contributed by atoms with Gasteiger partial charge in [0.25, 0.3) is 0 Å². The Kier molecular flexibility index (Phi) is 4.39. The van der Waals surface area contributed by atoms with Gasteiger partial charge in [0.05, 0.1) is 4.92 Å². The Morgan fingerprint density at radius 1 is 1.40 bits per heavy atom. The third kappa shape index (κ3) is 2.98. The Bertz CT molecular complexity index is 622. The predicted molar refractivity (Wildman–Crippen MR) is 80.7 cm³/mol. The second-order valence-corrected chi connectivity index (χ2v) is 5.27. The molecule has 1 N–H and O–H groups in total. The van der Waals surface area contributed by atoms with Crippen LogP contribution in [0.5, 0.6) is 0 Å². The molecular weight excluding hydrogens is 324 g/mol. The highest BCUT2D eigenvalue weighted by molar-refractivity contribution is 9.10. The fraction of sp³-hybridized carbons (Fsp3) is 0.308. The summed E-state index contributed by atoms with van der Waals surface area (Å²) in [5, 5.41) is 18.5. The number of nitrogens with zero attached hydrogens (tertiary/aromatic N) is 3. The summed E-state index contributed by atoms with van der Waals surface area (Å²) in [5.41, 5.74) is 1.60. The van der Waals surface area contributed by atoms with E-state index in [1.54, 1.807) is 7.05 Å². The van der Waals surface area contributed by atoms with E-state index >= 15 is 0 Å². The van der Waals surface area contributed by atoms with Crippen molar-refractivity contribution in [1.82, 2.24) is 9.78 Å². The van der Waals surface area contributed by atoms with Crippen LogP contribution in [0.4, 0.5) is 11.5 Å². The molecule has 0 unspecified atom stereocenters. The molecule has 0 aliphatic heterocycles. The zero-order valence-electron chi connectivity index (χ0n) is 11.3. The van der Waals surface area contributed by atoms with Gasteiger partial charge in [-0.25, -0.2) is 4.68 Å². The summed E-state index contributed by atoms with van der Waals surface area (Å²) in [6.07, 6.45) is 0.532. The lowest BCUT2D eigenvalue weighted by atomic mass is 10.2. The van der Waals surface area contributed by atoms with Gasteiger partial charge < -0.3 is 5.32 Å². The first-order valence-corrected chi connectivity index (χ1v) is 7.00. The van der Waals surface area contributed by atoms with Crippen LogP contribution in [0.1, 0.15) is 18.2 Å². The monoisotopic (exact) mass is 338 g/mol. The molecule has 0 aliphatic carbocycles. The van der Waals surface area contributed by atoms with E-state index in [9.17, 15) is 10.1 Å². The summed E-state index contributed by atoms with van der Waals surface area (Å²) >= 11 is 3.37. The number of aryl methyl sites for hydroxylation is 2. The van der Waals surface area contributed by atoms with Gasteiger partial charge in [0.2, 0.25) is 5.82 Å². The number of hydrogen-bond donors (Lipinski definition) is 1. The van der Waals surface area contributed by atoms with E-state index in [0.717, 1.165) is 10.0 Å². The van der Waals surface area contributed by atoms with E-state index in [-0.39, 0.29) is 10.6 Å². The number of halogens is 1. The average molecular weight is 339 g/mol. The molecule has 2 rings (SSSR count). The van der Waals surface area contributed by atoms with Gasteiger partial charge in [-0.1, -0.05) is 35.0 Å². The van der Waals surface area contributed by atoms with Crippen LogP contribution in [-0.2, 0) is 20.0 Å². The van der Waals surface area contributed by atoms with E-state index in [2.05, 4.69) is 26.3 Å². The first-order chi connectivity index (χ1) is 9.52. The van der Waals surface area contributed by atoms with Crippen LogP contribution >= 0.6 is 15.9 Å². The van der Waals surface area contributed by atoms with Gasteiger partial charge >= 0.3 is 5.69 Å². The molecule has 0 spiro atoms. The standard InChI is InChI=1S/C13H15BrN4O2/c1-3-11-12(18(19)20)13(17(2)16-11)15-8-9-4-6-10(14)7-5-9/h4-7,15H,3,8H2,1-2H3. The zero-order chi connectivity index (χ0) is 14.7. The number of nitrogens with one attached hydrogen (secondary N) is 1. The van der Waals surface area contributed by atoms with Crippen LogP contribution in [0, 0.1) is 10.1 Å². The van der Waals surface area contributed by atoms with E-state index < -0.39 is 0 Å². The number of aromatic nitrogens is 2. The van der Waals surface area contributed by atoms with Crippen LogP contribution in [0.2, 0.25) is 0 Å². The largest absolute Gasteiger partial charge is 0.360 e. The Balaban J connectivity index is 2.22. The van der Waals surface area contributed by atoms with Crippen molar-refractivity contribution >= 4 is 27.4 Å². The number of rotatable bonds is 5. The fourth-order valence-corrected chi connectivity index (χ4v) is 2.25. The van der Waals surface area contributed by atoms with Crippen LogP contribution < -0.4 is 5.32 Å². The van der Waals surface area contributed by atoms with Crippen LogP contribution in [0.3, 0.4) is 0 Å². The first-order valence-electron chi connectivity index (χ1n) is 6.21. The minimum Gasteiger partial charge on any atom is -0.360 e. The quantitative estimate of drug-likeness (QED) is 0.670. The van der Waals surface area contributed by atoms with E-state index in [1.165, 1.54) is 4.68 Å². The van der Waals surface area contributed by atoms with Crippen molar-refractivity contribution in [3.8, 4) is 0 Å². The van der Waals surface area contributed by atoms with E-state index in [4.69, 9.17) is 0 Å². The third-order valence-corrected chi connectivity index (χ3v) is 3.51. The zero-order valence-corrected chi connectivity index (χ0v) is 12.8. The molecule has 1 aromatic heterocycles. The Morgan fingerprint density at radius 2 is 2.05 bits per heavy atom. The highest BCUT2D eigenvalue weighted by atomic mass is 79.9. The molecule has 1 aromatic carbocycles. The summed E-state index contributed by atoms with van der Waals surface area (Å²) in [7, 11) is 1.70. The number of nitro groups is 1. The molecule has 0 aliphatic rings. The van der Waals surface area contributed by atoms with E-state index in [0.29, 0.717) is 24.5 Å². The van der Waals surface area contributed by atoms with Crippen molar-refractivity contribution in [3.63, 3.8) is 0 Å².